The number of alkyl halides is 1. The summed E-state index contributed by atoms with van der Waals surface area (Å²) >= 11 is 3.35. The summed E-state index contributed by atoms with van der Waals surface area (Å²) in [7, 11) is 0. The Bertz CT molecular complexity index is 145. The van der Waals surface area contributed by atoms with Crippen LogP contribution in [0.5, 0.6) is 0 Å². The molecule has 0 aromatic heterocycles. The highest BCUT2D eigenvalue weighted by atomic mass is 79.9. The Labute approximate surface area is 75.9 Å². The van der Waals surface area contributed by atoms with Crippen molar-refractivity contribution in [2.75, 3.05) is 0 Å². The highest BCUT2D eigenvalue weighted by Crippen LogP contribution is 2.20. The molecular formula is C8H14BrNO. The number of rotatable bonds is 4. The third kappa shape index (κ3) is 3.23. The minimum absolute atomic E-state index is 0.0214. The summed E-state index contributed by atoms with van der Waals surface area (Å²) in [6, 6.07) is 0.486. The van der Waals surface area contributed by atoms with E-state index in [1.807, 2.05) is 0 Å². The van der Waals surface area contributed by atoms with E-state index in [0.717, 1.165) is 25.7 Å². The summed E-state index contributed by atoms with van der Waals surface area (Å²) in [6.07, 6.45) is 4.31. The Morgan fingerprint density at radius 3 is 2.82 bits per heavy atom. The fourth-order valence-corrected chi connectivity index (χ4v) is 1.49. The van der Waals surface area contributed by atoms with Crippen molar-refractivity contribution in [2.45, 2.75) is 43.5 Å². The van der Waals surface area contributed by atoms with E-state index in [2.05, 4.69) is 28.2 Å². The monoisotopic (exact) mass is 219 g/mol. The van der Waals surface area contributed by atoms with Crippen molar-refractivity contribution in [3.05, 3.63) is 0 Å². The van der Waals surface area contributed by atoms with Gasteiger partial charge in [0.05, 0.1) is 4.83 Å². The van der Waals surface area contributed by atoms with E-state index in [4.69, 9.17) is 0 Å². The molecule has 1 saturated carbocycles. The first kappa shape index (κ1) is 9.04. The molecule has 1 amide bonds. The van der Waals surface area contributed by atoms with E-state index in [9.17, 15) is 4.79 Å². The van der Waals surface area contributed by atoms with Crippen molar-refractivity contribution in [3.63, 3.8) is 0 Å². The second-order valence-electron chi connectivity index (χ2n) is 3.04. The van der Waals surface area contributed by atoms with Gasteiger partial charge >= 0.3 is 0 Å². The SMILES string of the molecule is CCCC(Br)C(=O)NC1CC1. The quantitative estimate of drug-likeness (QED) is 0.719. The molecule has 0 saturated heterocycles. The van der Waals surface area contributed by atoms with Gasteiger partial charge in [0.25, 0.3) is 0 Å². The number of hydrogen-bond acceptors (Lipinski definition) is 1. The van der Waals surface area contributed by atoms with Crippen LogP contribution in [0.3, 0.4) is 0 Å². The molecule has 3 heteroatoms. The molecule has 0 heterocycles. The molecule has 0 bridgehead atoms. The zero-order chi connectivity index (χ0) is 8.27. The van der Waals surface area contributed by atoms with E-state index in [-0.39, 0.29) is 10.7 Å². The van der Waals surface area contributed by atoms with Crippen LogP contribution in [-0.2, 0) is 4.79 Å². The van der Waals surface area contributed by atoms with Gasteiger partial charge in [0, 0.05) is 6.04 Å². The van der Waals surface area contributed by atoms with Crippen molar-refractivity contribution < 1.29 is 4.79 Å². The van der Waals surface area contributed by atoms with Gasteiger partial charge in [0.15, 0.2) is 0 Å². The normalized spacial score (nSPS) is 19.5. The van der Waals surface area contributed by atoms with Crippen LogP contribution >= 0.6 is 15.9 Å². The van der Waals surface area contributed by atoms with E-state index < -0.39 is 0 Å². The van der Waals surface area contributed by atoms with Gasteiger partial charge in [0.1, 0.15) is 0 Å². The van der Waals surface area contributed by atoms with E-state index in [1.54, 1.807) is 0 Å². The van der Waals surface area contributed by atoms with Crippen LogP contribution in [-0.4, -0.2) is 16.8 Å². The van der Waals surface area contributed by atoms with Gasteiger partial charge in [-0.15, -0.1) is 0 Å². The Kier molecular flexibility index (Phi) is 3.37. The smallest absolute Gasteiger partial charge is 0.233 e. The average molecular weight is 220 g/mol. The van der Waals surface area contributed by atoms with E-state index in [0.29, 0.717) is 6.04 Å². The zero-order valence-electron chi connectivity index (χ0n) is 6.77. The Balaban J connectivity index is 2.15. The maximum atomic E-state index is 11.2. The molecule has 1 atom stereocenters. The molecule has 1 aliphatic carbocycles. The first-order chi connectivity index (χ1) is 5.24. The Morgan fingerprint density at radius 2 is 2.36 bits per heavy atom. The summed E-state index contributed by atoms with van der Waals surface area (Å²) in [4.78, 5) is 11.2. The van der Waals surface area contributed by atoms with Gasteiger partial charge < -0.3 is 5.32 Å². The van der Waals surface area contributed by atoms with Crippen molar-refractivity contribution in [1.82, 2.24) is 5.32 Å². The Morgan fingerprint density at radius 1 is 1.73 bits per heavy atom. The number of carbonyl (C=O) groups excluding carboxylic acids is 1. The maximum Gasteiger partial charge on any atom is 0.233 e. The minimum Gasteiger partial charge on any atom is -0.352 e. The van der Waals surface area contributed by atoms with Crippen LogP contribution in [0.2, 0.25) is 0 Å². The summed E-state index contributed by atoms with van der Waals surface area (Å²) in [5.74, 6) is 0.161. The number of hydrogen-bond donors (Lipinski definition) is 1. The summed E-state index contributed by atoms with van der Waals surface area (Å²) < 4.78 is 0. The van der Waals surface area contributed by atoms with Crippen molar-refractivity contribution in [3.8, 4) is 0 Å². The number of halogens is 1. The third-order valence-electron chi connectivity index (χ3n) is 1.75. The predicted molar refractivity (Wildman–Crippen MR) is 48.8 cm³/mol. The van der Waals surface area contributed by atoms with Gasteiger partial charge in [-0.1, -0.05) is 29.3 Å². The van der Waals surface area contributed by atoms with Crippen molar-refractivity contribution in [2.24, 2.45) is 0 Å². The standard InChI is InChI=1S/C8H14BrNO/c1-2-3-7(9)8(11)10-6-4-5-6/h6-7H,2-5H2,1H3,(H,10,11). The van der Waals surface area contributed by atoms with Crippen LogP contribution in [0.1, 0.15) is 32.6 Å². The second-order valence-corrected chi connectivity index (χ2v) is 4.14. The molecule has 0 aromatic carbocycles. The first-order valence-electron chi connectivity index (χ1n) is 4.18. The van der Waals surface area contributed by atoms with E-state index in [1.165, 1.54) is 0 Å². The molecule has 0 aliphatic heterocycles. The van der Waals surface area contributed by atoms with Crippen LogP contribution in [0.4, 0.5) is 0 Å². The summed E-state index contributed by atoms with van der Waals surface area (Å²) in [6.45, 7) is 2.08. The molecular weight excluding hydrogens is 206 g/mol. The lowest BCUT2D eigenvalue weighted by Gasteiger charge is -2.07. The van der Waals surface area contributed by atoms with Crippen LogP contribution < -0.4 is 5.32 Å². The van der Waals surface area contributed by atoms with Crippen molar-refractivity contribution >= 4 is 21.8 Å². The fourth-order valence-electron chi connectivity index (χ4n) is 0.904. The highest BCUT2D eigenvalue weighted by molar-refractivity contribution is 9.10. The van der Waals surface area contributed by atoms with Gasteiger partial charge in [-0.2, -0.15) is 0 Å². The fraction of sp³-hybridized carbons (Fsp3) is 0.875. The highest BCUT2D eigenvalue weighted by Gasteiger charge is 2.25. The molecule has 64 valence electrons. The molecule has 1 rings (SSSR count). The minimum atomic E-state index is 0.0214. The zero-order valence-corrected chi connectivity index (χ0v) is 8.36. The topological polar surface area (TPSA) is 29.1 Å². The molecule has 2 nitrogen and oxygen atoms in total. The summed E-state index contributed by atoms with van der Waals surface area (Å²) in [5.41, 5.74) is 0. The number of amides is 1. The van der Waals surface area contributed by atoms with Gasteiger partial charge in [0.2, 0.25) is 5.91 Å². The molecule has 11 heavy (non-hydrogen) atoms. The molecule has 1 aliphatic rings. The van der Waals surface area contributed by atoms with Crippen LogP contribution in [0.25, 0.3) is 0 Å². The first-order valence-corrected chi connectivity index (χ1v) is 5.10. The lowest BCUT2D eigenvalue weighted by atomic mass is 10.2. The van der Waals surface area contributed by atoms with Gasteiger partial charge in [-0.3, -0.25) is 4.79 Å². The van der Waals surface area contributed by atoms with Gasteiger partial charge in [-0.25, -0.2) is 0 Å². The van der Waals surface area contributed by atoms with E-state index >= 15 is 0 Å². The number of nitrogens with one attached hydrogen (secondary N) is 1. The Hall–Kier alpha value is -0.0500. The summed E-state index contributed by atoms with van der Waals surface area (Å²) in [5, 5.41) is 2.95. The molecule has 0 radical (unpaired) electrons. The molecule has 1 unspecified atom stereocenters. The predicted octanol–water partition coefficient (Wildman–Crippen LogP) is 1.83. The molecule has 1 N–H and O–H groups in total. The molecule has 0 aromatic rings. The lowest BCUT2D eigenvalue weighted by Crippen LogP contribution is -2.32. The van der Waals surface area contributed by atoms with Gasteiger partial charge in [-0.05, 0) is 19.3 Å². The van der Waals surface area contributed by atoms with Crippen LogP contribution in [0.15, 0.2) is 0 Å². The van der Waals surface area contributed by atoms with Crippen LogP contribution in [0, 0.1) is 0 Å². The number of carbonyl (C=O) groups is 1. The maximum absolute atomic E-state index is 11.2. The van der Waals surface area contributed by atoms with Crippen molar-refractivity contribution in [1.29, 1.82) is 0 Å². The third-order valence-corrected chi connectivity index (χ3v) is 2.62. The molecule has 1 fully saturated rings. The second kappa shape index (κ2) is 4.10. The average Bonchev–Trinajstić information content (AvgIpc) is 2.72. The lowest BCUT2D eigenvalue weighted by molar-refractivity contribution is -0.120. The molecule has 0 spiro atoms. The largest absolute Gasteiger partial charge is 0.352 e.